The van der Waals surface area contributed by atoms with Gasteiger partial charge >= 0.3 is 0 Å². The highest BCUT2D eigenvalue weighted by Crippen LogP contribution is 2.30. The van der Waals surface area contributed by atoms with Gasteiger partial charge in [0.25, 0.3) is 5.91 Å². The molecule has 1 atom stereocenters. The van der Waals surface area contributed by atoms with Crippen LogP contribution in [0.4, 0.5) is 0 Å². The Bertz CT molecular complexity index is 828. The predicted molar refractivity (Wildman–Crippen MR) is 93.0 cm³/mol. The molecular weight excluding hydrogens is 324 g/mol. The van der Waals surface area contributed by atoms with Gasteiger partial charge in [0, 0.05) is 32.5 Å². The predicted octanol–water partition coefficient (Wildman–Crippen LogP) is 2.55. The van der Waals surface area contributed by atoms with Crippen LogP contribution < -0.4 is 0 Å². The molecular formula is C17H20N4O2S. The first-order valence-corrected chi connectivity index (χ1v) is 9.02. The van der Waals surface area contributed by atoms with Crippen molar-refractivity contribution >= 4 is 27.5 Å². The number of aromatic nitrogens is 3. The number of H-pyrrole nitrogens is 1. The van der Waals surface area contributed by atoms with Crippen LogP contribution in [-0.4, -0.2) is 43.5 Å². The monoisotopic (exact) mass is 344 g/mol. The summed E-state index contributed by atoms with van der Waals surface area (Å²) in [6, 6.07) is 3.92. The van der Waals surface area contributed by atoms with E-state index in [0.29, 0.717) is 24.6 Å². The average molecular weight is 344 g/mol. The van der Waals surface area contributed by atoms with Crippen molar-refractivity contribution in [2.24, 2.45) is 13.0 Å². The number of carbonyl (C=O) groups excluding carboxylic acids is 1. The van der Waals surface area contributed by atoms with Gasteiger partial charge in [-0.3, -0.25) is 4.79 Å². The molecule has 1 fully saturated rings. The number of aliphatic hydroxyl groups excluding tert-OH is 1. The number of rotatable bonds is 3. The molecule has 1 amide bonds. The number of nitrogens with one attached hydrogen (secondary N) is 1. The summed E-state index contributed by atoms with van der Waals surface area (Å²) in [5.74, 6) is 0.884. The highest BCUT2D eigenvalue weighted by molar-refractivity contribution is 7.17. The topological polar surface area (TPSA) is 74.2 Å². The van der Waals surface area contributed by atoms with Crippen LogP contribution in [0.3, 0.4) is 0 Å². The summed E-state index contributed by atoms with van der Waals surface area (Å²) in [6.07, 6.45) is 4.55. The molecule has 0 bridgehead atoms. The maximum Gasteiger partial charge on any atom is 0.270 e. The third kappa shape index (κ3) is 2.63. The van der Waals surface area contributed by atoms with Crippen LogP contribution in [0.25, 0.3) is 10.2 Å². The number of piperidine rings is 1. The molecule has 1 aliphatic rings. The fourth-order valence-electron chi connectivity index (χ4n) is 3.43. The molecule has 1 aliphatic heterocycles. The standard InChI is InChI=1S/C17H20N4O2S/c1-20-8-5-18-16(20)15(22)11-2-6-21(7-3-11)17(23)13-10-14-12(19-13)4-9-24-14/h4-5,8-11,15,19,22H,2-3,6-7H2,1H3. The Morgan fingerprint density at radius 2 is 2.25 bits per heavy atom. The van der Waals surface area contributed by atoms with E-state index in [1.165, 1.54) is 0 Å². The Morgan fingerprint density at radius 1 is 1.46 bits per heavy atom. The number of carbonyl (C=O) groups is 1. The van der Waals surface area contributed by atoms with Crippen LogP contribution in [0.2, 0.25) is 0 Å². The lowest BCUT2D eigenvalue weighted by Crippen LogP contribution is -2.40. The summed E-state index contributed by atoms with van der Waals surface area (Å²) < 4.78 is 2.96. The molecule has 1 saturated heterocycles. The molecule has 0 aromatic carbocycles. The minimum Gasteiger partial charge on any atom is -0.385 e. The lowest BCUT2D eigenvalue weighted by Gasteiger charge is -2.33. The number of amides is 1. The number of nitrogens with zero attached hydrogens (tertiary/aromatic N) is 3. The maximum atomic E-state index is 12.6. The summed E-state index contributed by atoms with van der Waals surface area (Å²) in [4.78, 5) is 22.0. The maximum absolute atomic E-state index is 12.6. The summed E-state index contributed by atoms with van der Waals surface area (Å²) >= 11 is 1.63. The Hall–Kier alpha value is -2.12. The Morgan fingerprint density at radius 3 is 2.92 bits per heavy atom. The molecule has 126 valence electrons. The smallest absolute Gasteiger partial charge is 0.270 e. The second-order valence-electron chi connectivity index (χ2n) is 6.35. The number of likely N-dealkylation sites (tertiary alicyclic amines) is 1. The second-order valence-corrected chi connectivity index (χ2v) is 7.30. The van der Waals surface area contributed by atoms with Crippen molar-refractivity contribution in [2.75, 3.05) is 13.1 Å². The van der Waals surface area contributed by atoms with Crippen LogP contribution in [0.5, 0.6) is 0 Å². The summed E-state index contributed by atoms with van der Waals surface area (Å²) in [5.41, 5.74) is 1.67. The zero-order chi connectivity index (χ0) is 16.7. The van der Waals surface area contributed by atoms with Crippen LogP contribution in [0.1, 0.15) is 35.3 Å². The van der Waals surface area contributed by atoms with Gasteiger partial charge in [0.1, 0.15) is 17.6 Å². The van der Waals surface area contributed by atoms with Gasteiger partial charge in [-0.25, -0.2) is 4.98 Å². The van der Waals surface area contributed by atoms with Gasteiger partial charge in [0.2, 0.25) is 0 Å². The van der Waals surface area contributed by atoms with E-state index in [0.717, 1.165) is 23.1 Å². The second kappa shape index (κ2) is 6.07. The molecule has 0 radical (unpaired) electrons. The fraction of sp³-hybridized carbons (Fsp3) is 0.412. The highest BCUT2D eigenvalue weighted by Gasteiger charge is 2.30. The third-order valence-corrected chi connectivity index (χ3v) is 5.73. The minimum absolute atomic E-state index is 0.0448. The van der Waals surface area contributed by atoms with E-state index in [1.54, 1.807) is 17.5 Å². The first-order chi connectivity index (χ1) is 11.6. The third-order valence-electron chi connectivity index (χ3n) is 4.87. The molecule has 0 aliphatic carbocycles. The molecule has 7 heteroatoms. The van der Waals surface area contributed by atoms with Gasteiger partial charge in [-0.15, -0.1) is 11.3 Å². The van der Waals surface area contributed by atoms with E-state index >= 15 is 0 Å². The molecule has 6 nitrogen and oxygen atoms in total. The Kier molecular flexibility index (Phi) is 3.90. The van der Waals surface area contributed by atoms with Gasteiger partial charge in [0.05, 0.1) is 10.2 Å². The molecule has 0 saturated carbocycles. The van der Waals surface area contributed by atoms with Crippen molar-refractivity contribution in [1.82, 2.24) is 19.4 Å². The zero-order valence-electron chi connectivity index (χ0n) is 13.5. The fourth-order valence-corrected chi connectivity index (χ4v) is 4.21. The van der Waals surface area contributed by atoms with Crippen LogP contribution in [0.15, 0.2) is 29.9 Å². The summed E-state index contributed by atoms with van der Waals surface area (Å²) in [5, 5.41) is 12.5. The SMILES string of the molecule is Cn1ccnc1C(O)C1CCN(C(=O)c2cc3sccc3[nH]2)CC1. The number of imidazole rings is 1. The van der Waals surface area contributed by atoms with Crippen molar-refractivity contribution in [3.05, 3.63) is 41.4 Å². The molecule has 4 heterocycles. The number of aliphatic hydroxyl groups is 1. The average Bonchev–Trinajstić information content (AvgIpc) is 3.29. The lowest BCUT2D eigenvalue weighted by molar-refractivity contribution is 0.0417. The first kappa shape index (κ1) is 15.4. The molecule has 24 heavy (non-hydrogen) atoms. The van der Waals surface area contributed by atoms with E-state index in [9.17, 15) is 9.90 Å². The normalized spacial score (nSPS) is 17.5. The van der Waals surface area contributed by atoms with E-state index in [2.05, 4.69) is 9.97 Å². The molecule has 3 aromatic rings. The van der Waals surface area contributed by atoms with Crippen LogP contribution in [-0.2, 0) is 7.05 Å². The van der Waals surface area contributed by atoms with Gasteiger partial charge < -0.3 is 19.6 Å². The molecule has 0 spiro atoms. The highest BCUT2D eigenvalue weighted by atomic mass is 32.1. The number of aryl methyl sites for hydroxylation is 1. The number of thiophene rings is 1. The molecule has 3 aromatic heterocycles. The minimum atomic E-state index is -0.571. The molecule has 4 rings (SSSR count). The van der Waals surface area contributed by atoms with E-state index in [1.807, 2.05) is 40.2 Å². The number of hydrogen-bond donors (Lipinski definition) is 2. The Labute approximate surface area is 143 Å². The summed E-state index contributed by atoms with van der Waals surface area (Å²) in [6.45, 7) is 1.33. The first-order valence-electron chi connectivity index (χ1n) is 8.14. The van der Waals surface area contributed by atoms with Crippen molar-refractivity contribution in [3.8, 4) is 0 Å². The van der Waals surface area contributed by atoms with Crippen LogP contribution >= 0.6 is 11.3 Å². The van der Waals surface area contributed by atoms with Crippen molar-refractivity contribution in [2.45, 2.75) is 18.9 Å². The number of hydrogen-bond acceptors (Lipinski definition) is 4. The van der Waals surface area contributed by atoms with E-state index < -0.39 is 6.10 Å². The quantitative estimate of drug-likeness (QED) is 0.767. The van der Waals surface area contributed by atoms with Crippen molar-refractivity contribution in [3.63, 3.8) is 0 Å². The van der Waals surface area contributed by atoms with E-state index in [-0.39, 0.29) is 11.8 Å². The van der Waals surface area contributed by atoms with Crippen molar-refractivity contribution in [1.29, 1.82) is 0 Å². The lowest BCUT2D eigenvalue weighted by atomic mass is 9.90. The molecule has 2 N–H and O–H groups in total. The zero-order valence-corrected chi connectivity index (χ0v) is 14.3. The number of fused-ring (bicyclic) bond motifs is 1. The van der Waals surface area contributed by atoms with Crippen molar-refractivity contribution < 1.29 is 9.90 Å². The summed E-state index contributed by atoms with van der Waals surface area (Å²) in [7, 11) is 1.89. The molecule has 1 unspecified atom stereocenters. The van der Waals surface area contributed by atoms with Gasteiger partial charge in [0.15, 0.2) is 0 Å². The number of aromatic amines is 1. The van der Waals surface area contributed by atoms with Crippen LogP contribution in [0, 0.1) is 5.92 Å². The van der Waals surface area contributed by atoms with Gasteiger partial charge in [-0.05, 0) is 36.3 Å². The Balaban J connectivity index is 1.41. The van der Waals surface area contributed by atoms with Gasteiger partial charge in [-0.2, -0.15) is 0 Å². The van der Waals surface area contributed by atoms with Gasteiger partial charge in [-0.1, -0.05) is 0 Å². The van der Waals surface area contributed by atoms with E-state index in [4.69, 9.17) is 0 Å². The largest absolute Gasteiger partial charge is 0.385 e.